The zero-order chi connectivity index (χ0) is 16.1. The Kier molecular flexibility index (Phi) is 5.16. The van der Waals surface area contributed by atoms with Crippen LogP contribution >= 0.6 is 11.3 Å². The largest absolute Gasteiger partial charge is 0.489 e. The molecule has 22 heavy (non-hydrogen) atoms. The van der Waals surface area contributed by atoms with Gasteiger partial charge in [-0.15, -0.1) is 11.3 Å². The lowest BCUT2D eigenvalue weighted by Crippen LogP contribution is -2.33. The number of nitrogens with two attached hydrogens (primary N) is 1. The molecule has 2 amide bonds. The third kappa shape index (κ3) is 4.33. The summed E-state index contributed by atoms with van der Waals surface area (Å²) in [5.74, 6) is -0.0114. The van der Waals surface area contributed by atoms with E-state index in [4.69, 9.17) is 10.5 Å². The van der Waals surface area contributed by atoms with Crippen LogP contribution in [0.1, 0.15) is 32.5 Å². The highest BCUT2D eigenvalue weighted by Gasteiger charge is 2.13. The third-order valence-corrected chi connectivity index (χ3v) is 3.95. The van der Waals surface area contributed by atoms with Crippen molar-refractivity contribution in [3.63, 3.8) is 0 Å². The topological polar surface area (TPSA) is 81.4 Å². The van der Waals surface area contributed by atoms with E-state index in [0.717, 1.165) is 11.3 Å². The van der Waals surface area contributed by atoms with Crippen molar-refractivity contribution in [3.05, 3.63) is 51.7 Å². The van der Waals surface area contributed by atoms with E-state index >= 15 is 0 Å². The van der Waals surface area contributed by atoms with Gasteiger partial charge in [0.25, 0.3) is 5.91 Å². The van der Waals surface area contributed by atoms with E-state index < -0.39 is 5.91 Å². The lowest BCUT2D eigenvalue weighted by molar-refractivity contribution is 0.0936. The van der Waals surface area contributed by atoms with Crippen molar-refractivity contribution in [2.24, 2.45) is 5.73 Å². The normalized spacial score (nSPS) is 11.7. The average molecular weight is 318 g/mol. The molecule has 6 heteroatoms. The summed E-state index contributed by atoms with van der Waals surface area (Å²) >= 11 is 1.19. The summed E-state index contributed by atoms with van der Waals surface area (Å²) in [5, 5.41) is 4.35. The quantitative estimate of drug-likeness (QED) is 0.858. The Labute approximate surface area is 133 Å². The predicted molar refractivity (Wildman–Crippen MR) is 86.4 cm³/mol. The first-order chi connectivity index (χ1) is 10.5. The Morgan fingerprint density at radius 3 is 2.59 bits per heavy atom. The van der Waals surface area contributed by atoms with Gasteiger partial charge in [0, 0.05) is 5.38 Å². The van der Waals surface area contributed by atoms with Crippen molar-refractivity contribution >= 4 is 23.2 Å². The van der Waals surface area contributed by atoms with Crippen LogP contribution in [0.5, 0.6) is 5.75 Å². The molecule has 0 fully saturated rings. The first-order valence-corrected chi connectivity index (χ1v) is 7.73. The van der Waals surface area contributed by atoms with Crippen LogP contribution in [0, 0.1) is 6.92 Å². The third-order valence-electron chi connectivity index (χ3n) is 3.02. The number of rotatable bonds is 6. The van der Waals surface area contributed by atoms with Crippen LogP contribution in [0.25, 0.3) is 0 Å². The molecule has 5 nitrogen and oxygen atoms in total. The highest BCUT2D eigenvalue weighted by atomic mass is 32.1. The molecule has 0 saturated heterocycles. The molecule has 1 atom stereocenters. The molecule has 0 bridgehead atoms. The van der Waals surface area contributed by atoms with Crippen LogP contribution in [-0.2, 0) is 0 Å². The van der Waals surface area contributed by atoms with E-state index in [1.54, 1.807) is 5.38 Å². The number of carbonyl (C=O) groups is 2. The number of benzene rings is 1. The Balaban J connectivity index is 1.84. The predicted octanol–water partition coefficient (Wildman–Crippen LogP) is 2.35. The molecule has 3 N–H and O–H groups in total. The van der Waals surface area contributed by atoms with E-state index in [9.17, 15) is 9.59 Å². The van der Waals surface area contributed by atoms with Crippen LogP contribution in [0.15, 0.2) is 35.7 Å². The average Bonchev–Trinajstić information content (AvgIpc) is 2.97. The molecule has 2 rings (SSSR count). The molecule has 0 unspecified atom stereocenters. The summed E-state index contributed by atoms with van der Waals surface area (Å²) in [6, 6.07) is 9.22. The fourth-order valence-electron chi connectivity index (χ4n) is 1.80. The number of hydrogen-bond acceptors (Lipinski definition) is 4. The number of carbonyl (C=O) groups excluding carboxylic acids is 2. The highest BCUT2D eigenvalue weighted by Crippen LogP contribution is 2.15. The lowest BCUT2D eigenvalue weighted by Gasteiger charge is -2.15. The molecule has 0 saturated carbocycles. The molecule has 0 spiro atoms. The number of nitrogens with one attached hydrogen (secondary N) is 1. The van der Waals surface area contributed by atoms with Crippen LogP contribution in [0.4, 0.5) is 0 Å². The van der Waals surface area contributed by atoms with E-state index in [2.05, 4.69) is 5.32 Å². The first-order valence-electron chi connectivity index (χ1n) is 6.85. The Bertz CT molecular complexity index is 664. The minimum atomic E-state index is -0.536. The van der Waals surface area contributed by atoms with E-state index in [0.29, 0.717) is 17.0 Å². The molecule has 0 aliphatic heterocycles. The van der Waals surface area contributed by atoms with Gasteiger partial charge in [-0.3, -0.25) is 9.59 Å². The van der Waals surface area contributed by atoms with Crippen LogP contribution < -0.4 is 15.8 Å². The van der Waals surface area contributed by atoms with Gasteiger partial charge in [-0.2, -0.15) is 0 Å². The van der Waals surface area contributed by atoms with Crippen molar-refractivity contribution in [1.29, 1.82) is 0 Å². The summed E-state index contributed by atoms with van der Waals surface area (Å²) in [4.78, 5) is 23.4. The van der Waals surface area contributed by atoms with Gasteiger partial charge < -0.3 is 15.8 Å². The van der Waals surface area contributed by atoms with Gasteiger partial charge in [0.1, 0.15) is 11.9 Å². The second kappa shape index (κ2) is 7.09. The SMILES string of the molecule is Cc1ccc(O[C@@H](C)CNC(=O)c2cc(C(N)=O)cs2)cc1. The first kappa shape index (κ1) is 16.0. The maximum atomic E-state index is 12.0. The van der Waals surface area contributed by atoms with Gasteiger partial charge in [-0.05, 0) is 32.0 Å². The molecule has 0 radical (unpaired) electrons. The van der Waals surface area contributed by atoms with Crippen LogP contribution in [0.2, 0.25) is 0 Å². The minimum absolute atomic E-state index is 0.165. The van der Waals surface area contributed by atoms with Gasteiger partial charge in [-0.25, -0.2) is 0 Å². The van der Waals surface area contributed by atoms with Crippen molar-refractivity contribution in [2.45, 2.75) is 20.0 Å². The summed E-state index contributed by atoms with van der Waals surface area (Å²) in [6.45, 7) is 4.26. The molecule has 116 valence electrons. The molecule has 1 heterocycles. The van der Waals surface area contributed by atoms with Crippen molar-refractivity contribution < 1.29 is 14.3 Å². The molecular formula is C16H18N2O3S. The van der Waals surface area contributed by atoms with Gasteiger partial charge in [0.15, 0.2) is 0 Å². The van der Waals surface area contributed by atoms with E-state index in [-0.39, 0.29) is 12.0 Å². The molecule has 0 aliphatic carbocycles. The fraction of sp³-hybridized carbons (Fsp3) is 0.250. The van der Waals surface area contributed by atoms with Gasteiger partial charge in [-0.1, -0.05) is 17.7 Å². The van der Waals surface area contributed by atoms with Gasteiger partial charge >= 0.3 is 0 Å². The van der Waals surface area contributed by atoms with Crippen molar-refractivity contribution in [1.82, 2.24) is 5.32 Å². The Morgan fingerprint density at radius 1 is 1.32 bits per heavy atom. The zero-order valence-electron chi connectivity index (χ0n) is 12.5. The molecule has 1 aromatic heterocycles. The number of aryl methyl sites for hydroxylation is 1. The zero-order valence-corrected chi connectivity index (χ0v) is 13.3. The highest BCUT2D eigenvalue weighted by molar-refractivity contribution is 7.12. The Hall–Kier alpha value is -2.34. The van der Waals surface area contributed by atoms with Crippen molar-refractivity contribution in [3.8, 4) is 5.75 Å². The molecule has 0 aliphatic rings. The number of amides is 2. The minimum Gasteiger partial charge on any atom is -0.489 e. The Morgan fingerprint density at radius 2 is 2.00 bits per heavy atom. The number of thiophene rings is 1. The van der Waals surface area contributed by atoms with E-state index in [1.165, 1.54) is 17.4 Å². The summed E-state index contributed by atoms with van der Waals surface area (Å²) < 4.78 is 5.71. The number of primary amides is 1. The van der Waals surface area contributed by atoms with Crippen LogP contribution in [0.3, 0.4) is 0 Å². The monoisotopic (exact) mass is 318 g/mol. The standard InChI is InChI=1S/C16H18N2O3S/c1-10-3-5-13(6-4-10)21-11(2)8-18-16(20)14-7-12(9-22-14)15(17)19/h3-7,9,11H,8H2,1-2H3,(H2,17,19)(H,18,20)/t11-/m0/s1. The maximum Gasteiger partial charge on any atom is 0.261 e. The smallest absolute Gasteiger partial charge is 0.261 e. The van der Waals surface area contributed by atoms with E-state index in [1.807, 2.05) is 38.1 Å². The van der Waals surface area contributed by atoms with Crippen molar-refractivity contribution in [2.75, 3.05) is 6.54 Å². The molecule has 2 aromatic rings. The second-order valence-electron chi connectivity index (χ2n) is 5.02. The second-order valence-corrected chi connectivity index (χ2v) is 5.93. The van der Waals surface area contributed by atoms with Gasteiger partial charge in [0.05, 0.1) is 17.0 Å². The summed E-state index contributed by atoms with van der Waals surface area (Å²) in [7, 11) is 0. The number of hydrogen-bond donors (Lipinski definition) is 2. The number of ether oxygens (including phenoxy) is 1. The van der Waals surface area contributed by atoms with Crippen LogP contribution in [-0.4, -0.2) is 24.5 Å². The summed E-state index contributed by atoms with van der Waals surface area (Å²) in [5.41, 5.74) is 6.67. The summed E-state index contributed by atoms with van der Waals surface area (Å²) in [6.07, 6.45) is -0.165. The molecular weight excluding hydrogens is 300 g/mol. The van der Waals surface area contributed by atoms with Gasteiger partial charge in [0.2, 0.25) is 5.91 Å². The maximum absolute atomic E-state index is 12.0. The lowest BCUT2D eigenvalue weighted by atomic mass is 10.2. The fourth-order valence-corrected chi connectivity index (χ4v) is 2.61. The molecule has 1 aromatic carbocycles.